The summed E-state index contributed by atoms with van der Waals surface area (Å²) < 4.78 is 7.00. The number of thiazole rings is 1. The number of thioether (sulfide) groups is 1. The van der Waals surface area contributed by atoms with Crippen LogP contribution in [0.25, 0.3) is 0 Å². The molecule has 2 N–H and O–H groups in total. The molecular weight excluding hydrogens is 510 g/mol. The zero-order valence-electron chi connectivity index (χ0n) is 21.8. The molecule has 2 fully saturated rings. The minimum Gasteiger partial charge on any atom is -0.472 e. The number of rotatable bonds is 7. The number of nitrogens with one attached hydrogen (secondary N) is 2. The van der Waals surface area contributed by atoms with Crippen LogP contribution in [-0.4, -0.2) is 70.7 Å². The van der Waals surface area contributed by atoms with Crippen molar-refractivity contribution in [1.82, 2.24) is 20.1 Å². The summed E-state index contributed by atoms with van der Waals surface area (Å²) in [5.41, 5.74) is -0.0252. The van der Waals surface area contributed by atoms with Crippen LogP contribution < -0.4 is 10.6 Å². The molecule has 3 amide bonds. The predicted octanol–water partition coefficient (Wildman–Crippen LogP) is 3.67. The number of piperidine rings is 2. The molecule has 0 aliphatic carbocycles. The molecule has 1 unspecified atom stereocenters. The number of aromatic nitrogens is 1. The molecule has 1 atom stereocenters. The lowest BCUT2D eigenvalue weighted by atomic mass is 9.91. The summed E-state index contributed by atoms with van der Waals surface area (Å²) in [6.07, 6.45) is 7.63. The Morgan fingerprint density at radius 3 is 2.43 bits per heavy atom. The van der Waals surface area contributed by atoms with Gasteiger partial charge in [-0.05, 0) is 31.8 Å². The second-order valence-electron chi connectivity index (χ2n) is 10.7. The Hall–Kier alpha value is -2.53. The number of hydrogen-bond donors (Lipinski definition) is 2. The topological polar surface area (TPSA) is 104 Å². The lowest BCUT2D eigenvalue weighted by molar-refractivity contribution is -0.141. The third-order valence-corrected chi connectivity index (χ3v) is 9.18. The quantitative estimate of drug-likeness (QED) is 0.397. The monoisotopic (exact) mass is 547 g/mol. The summed E-state index contributed by atoms with van der Waals surface area (Å²) in [5.74, 6) is 1.55. The molecular formula is C26H37N5O4S2. The van der Waals surface area contributed by atoms with E-state index in [0.717, 1.165) is 15.7 Å². The van der Waals surface area contributed by atoms with Gasteiger partial charge in [-0.3, -0.25) is 14.4 Å². The van der Waals surface area contributed by atoms with E-state index in [1.54, 1.807) is 22.9 Å². The highest BCUT2D eigenvalue weighted by Crippen LogP contribution is 2.33. The number of anilines is 1. The van der Waals surface area contributed by atoms with Crippen LogP contribution in [0.3, 0.4) is 0 Å². The van der Waals surface area contributed by atoms with Crippen molar-refractivity contribution in [2.45, 2.75) is 56.9 Å². The van der Waals surface area contributed by atoms with Crippen molar-refractivity contribution >= 4 is 46.0 Å². The highest BCUT2D eigenvalue weighted by atomic mass is 32.2. The third-order valence-electron chi connectivity index (χ3n) is 7.01. The van der Waals surface area contributed by atoms with E-state index in [2.05, 4.69) is 43.0 Å². The van der Waals surface area contributed by atoms with Crippen molar-refractivity contribution in [1.29, 1.82) is 0 Å². The molecule has 1 aromatic heterocycles. The molecule has 0 saturated carbocycles. The fourth-order valence-corrected chi connectivity index (χ4v) is 6.55. The number of hydrogen-bond acceptors (Lipinski definition) is 8. The van der Waals surface area contributed by atoms with Crippen LogP contribution in [0.2, 0.25) is 0 Å². The number of ether oxygens (including phenoxy) is 1. The van der Waals surface area contributed by atoms with Gasteiger partial charge in [0.25, 0.3) is 0 Å². The Labute approximate surface area is 227 Å². The van der Waals surface area contributed by atoms with Gasteiger partial charge in [-0.25, -0.2) is 4.98 Å². The number of likely N-dealkylation sites (tertiary alicyclic amines) is 2. The normalized spacial score (nSPS) is 21.2. The van der Waals surface area contributed by atoms with Crippen molar-refractivity contribution in [2.75, 3.05) is 37.2 Å². The van der Waals surface area contributed by atoms with Crippen molar-refractivity contribution in [3.05, 3.63) is 30.8 Å². The number of amides is 3. The van der Waals surface area contributed by atoms with Gasteiger partial charge in [-0.1, -0.05) is 38.7 Å². The lowest BCUT2D eigenvalue weighted by Gasteiger charge is -2.36. The second kappa shape index (κ2) is 11.9. The van der Waals surface area contributed by atoms with Crippen molar-refractivity contribution in [3.8, 4) is 0 Å². The van der Waals surface area contributed by atoms with Gasteiger partial charge >= 0.3 is 0 Å². The molecule has 9 nitrogen and oxygen atoms in total. The molecule has 4 rings (SSSR count). The van der Waals surface area contributed by atoms with E-state index in [1.165, 1.54) is 17.4 Å². The first-order valence-corrected chi connectivity index (χ1v) is 14.7. The largest absolute Gasteiger partial charge is 0.472 e. The molecule has 0 spiro atoms. The molecule has 3 aliphatic heterocycles. The molecule has 11 heteroatoms. The summed E-state index contributed by atoms with van der Waals surface area (Å²) >= 11 is 3.11. The second-order valence-corrected chi connectivity index (χ2v) is 13.1. The van der Waals surface area contributed by atoms with Crippen molar-refractivity contribution in [2.24, 2.45) is 17.3 Å². The van der Waals surface area contributed by atoms with Gasteiger partial charge in [-0.15, -0.1) is 11.8 Å². The molecule has 0 aromatic carbocycles. The molecule has 4 heterocycles. The number of nitrogens with zero attached hydrogens (tertiary/aromatic N) is 3. The molecule has 202 valence electrons. The van der Waals surface area contributed by atoms with Crippen LogP contribution >= 0.6 is 23.1 Å². The van der Waals surface area contributed by atoms with Crippen LogP contribution in [0.15, 0.2) is 35.0 Å². The first-order valence-electron chi connectivity index (χ1n) is 12.9. The van der Waals surface area contributed by atoms with Gasteiger partial charge < -0.3 is 25.2 Å². The van der Waals surface area contributed by atoms with Crippen LogP contribution in [0, 0.1) is 17.3 Å². The highest BCUT2D eigenvalue weighted by Gasteiger charge is 2.33. The molecule has 1 aromatic rings. The smallest absolute Gasteiger partial charge is 0.245 e. The van der Waals surface area contributed by atoms with E-state index >= 15 is 0 Å². The molecule has 0 bridgehead atoms. The Kier molecular flexibility index (Phi) is 8.84. The van der Waals surface area contributed by atoms with Crippen molar-refractivity contribution < 1.29 is 19.1 Å². The fourth-order valence-electron chi connectivity index (χ4n) is 4.71. The Morgan fingerprint density at radius 1 is 1.16 bits per heavy atom. The van der Waals surface area contributed by atoms with Gasteiger partial charge in [0.15, 0.2) is 11.4 Å². The highest BCUT2D eigenvalue weighted by molar-refractivity contribution is 8.01. The summed E-state index contributed by atoms with van der Waals surface area (Å²) in [6.45, 7) is 12.2. The van der Waals surface area contributed by atoms with E-state index < -0.39 is 0 Å². The van der Waals surface area contributed by atoms with Crippen LogP contribution in [0.4, 0.5) is 5.13 Å². The molecule has 0 radical (unpaired) electrons. The van der Waals surface area contributed by atoms with Crippen LogP contribution in [0.1, 0.15) is 46.5 Å². The van der Waals surface area contributed by atoms with Gasteiger partial charge in [0, 0.05) is 49.6 Å². The summed E-state index contributed by atoms with van der Waals surface area (Å²) in [5, 5.41) is 6.83. The number of carbonyl (C=O) groups is 3. The summed E-state index contributed by atoms with van der Waals surface area (Å²) in [6, 6.07) is 0. The summed E-state index contributed by atoms with van der Waals surface area (Å²) in [7, 11) is 0. The minimum absolute atomic E-state index is 0.0252. The lowest BCUT2D eigenvalue weighted by Crippen LogP contribution is -2.47. The average molecular weight is 548 g/mol. The number of allylic oxidation sites excluding steroid dienone is 1. The van der Waals surface area contributed by atoms with E-state index in [0.29, 0.717) is 57.0 Å². The summed E-state index contributed by atoms with van der Waals surface area (Å²) in [4.78, 5) is 45.6. The first kappa shape index (κ1) is 27.5. The first-order chi connectivity index (χ1) is 17.6. The van der Waals surface area contributed by atoms with Gasteiger partial charge in [-0.2, -0.15) is 0 Å². The maximum Gasteiger partial charge on any atom is 0.245 e. The number of carbonyl (C=O) groups excluding carboxylic acids is 3. The Balaban J connectivity index is 1.17. The van der Waals surface area contributed by atoms with E-state index in [9.17, 15) is 14.4 Å². The van der Waals surface area contributed by atoms with Crippen molar-refractivity contribution in [3.63, 3.8) is 0 Å². The zero-order chi connectivity index (χ0) is 26.6. The molecule has 3 aliphatic rings. The standard InChI is InChI=1S/C26H37N5O4S2/c1-5-21(32)30-10-8-18(9-11-30)24(34)31-12-6-17(7-13-31)23(33)29-25-28-15-22(37-25)36-16-20-27-14-19(35-20)26(2,3)4/h5,14-15,17-18,20,27H,1,6-13,16H2,2-4H3,(H,28,29,33). The van der Waals surface area contributed by atoms with Gasteiger partial charge in [0.05, 0.1) is 16.2 Å². The SMILES string of the molecule is C=CC(=O)N1CCC(C(=O)N2CCC(C(=O)Nc3ncc(SCC4NC=C(C(C)(C)C)O4)s3)CC2)CC1. The van der Waals surface area contributed by atoms with E-state index in [1.807, 2.05) is 11.1 Å². The molecule has 37 heavy (non-hydrogen) atoms. The maximum atomic E-state index is 13.0. The van der Waals surface area contributed by atoms with Gasteiger partial charge in [0.1, 0.15) is 5.76 Å². The van der Waals surface area contributed by atoms with Gasteiger partial charge in [0.2, 0.25) is 17.7 Å². The maximum absolute atomic E-state index is 13.0. The molecule has 2 saturated heterocycles. The minimum atomic E-state index is -0.130. The Morgan fingerprint density at radius 2 is 1.81 bits per heavy atom. The zero-order valence-corrected chi connectivity index (χ0v) is 23.5. The van der Waals surface area contributed by atoms with Crippen LogP contribution in [-0.2, 0) is 19.1 Å². The van der Waals surface area contributed by atoms with E-state index in [4.69, 9.17) is 4.74 Å². The average Bonchev–Trinajstić information content (AvgIpc) is 3.56. The van der Waals surface area contributed by atoms with Crippen LogP contribution in [0.5, 0.6) is 0 Å². The third kappa shape index (κ3) is 7.07. The fraction of sp³-hybridized carbons (Fsp3) is 0.615. The Bertz CT molecular complexity index is 1030. The predicted molar refractivity (Wildman–Crippen MR) is 146 cm³/mol. The van der Waals surface area contributed by atoms with E-state index in [-0.39, 0.29) is 41.2 Å².